The number of piperidine rings is 1. The second kappa shape index (κ2) is 13.1. The fraction of sp³-hybridized carbons (Fsp3) is 0.242. The van der Waals surface area contributed by atoms with Gasteiger partial charge in [-0.2, -0.15) is 0 Å². The van der Waals surface area contributed by atoms with E-state index < -0.39 is 18.5 Å². The van der Waals surface area contributed by atoms with Crippen molar-refractivity contribution in [1.82, 2.24) is 9.88 Å². The average molecular weight is 566 g/mol. The maximum absolute atomic E-state index is 13.6. The van der Waals surface area contributed by atoms with Crippen LogP contribution in [0.25, 0.3) is 22.2 Å². The summed E-state index contributed by atoms with van der Waals surface area (Å²) in [6.07, 6.45) is 1.01. The molecule has 3 aromatic carbocycles. The van der Waals surface area contributed by atoms with Crippen molar-refractivity contribution >= 4 is 40.3 Å². The first-order chi connectivity index (χ1) is 20.4. The van der Waals surface area contributed by atoms with Crippen molar-refractivity contribution in [3.63, 3.8) is 0 Å². The van der Waals surface area contributed by atoms with Gasteiger partial charge in [0, 0.05) is 24.0 Å². The van der Waals surface area contributed by atoms with Crippen molar-refractivity contribution in [2.75, 3.05) is 31.6 Å². The van der Waals surface area contributed by atoms with Crippen LogP contribution in [0.3, 0.4) is 0 Å². The number of fused-ring (bicyclic) bond motifs is 1. The number of carbonyl (C=O) groups is 4. The zero-order valence-electron chi connectivity index (χ0n) is 23.2. The molecule has 1 aliphatic heterocycles. The van der Waals surface area contributed by atoms with Crippen molar-refractivity contribution in [2.24, 2.45) is 5.92 Å². The van der Waals surface area contributed by atoms with Crippen molar-refractivity contribution in [1.29, 1.82) is 0 Å². The monoisotopic (exact) mass is 565 g/mol. The summed E-state index contributed by atoms with van der Waals surface area (Å²) < 4.78 is 10.4. The van der Waals surface area contributed by atoms with Gasteiger partial charge in [0.05, 0.1) is 40.5 Å². The Hall–Kier alpha value is -5.05. The Morgan fingerprint density at radius 3 is 2.31 bits per heavy atom. The maximum atomic E-state index is 13.6. The summed E-state index contributed by atoms with van der Waals surface area (Å²) in [5.41, 5.74) is 2.98. The second-order valence-corrected chi connectivity index (χ2v) is 9.92. The van der Waals surface area contributed by atoms with E-state index in [1.807, 2.05) is 54.6 Å². The molecule has 0 atom stereocenters. The van der Waals surface area contributed by atoms with E-state index in [4.69, 9.17) is 14.5 Å². The molecule has 1 fully saturated rings. The molecule has 9 heteroatoms. The van der Waals surface area contributed by atoms with Crippen LogP contribution in [0.2, 0.25) is 0 Å². The van der Waals surface area contributed by atoms with E-state index in [2.05, 4.69) is 5.32 Å². The molecule has 5 rings (SSSR count). The lowest BCUT2D eigenvalue weighted by molar-refractivity contribution is -0.151. The van der Waals surface area contributed by atoms with Gasteiger partial charge in [0.15, 0.2) is 6.61 Å². The van der Waals surface area contributed by atoms with Crippen molar-refractivity contribution in [2.45, 2.75) is 19.8 Å². The Bertz CT molecular complexity index is 1610. The SMILES string of the molecule is CCOC(=O)C1CCN(C(=O)COC(=O)c2ccccc2NC(=O)c2cc(-c3ccccc3)nc3ccccc23)CC1. The molecule has 0 aliphatic carbocycles. The summed E-state index contributed by atoms with van der Waals surface area (Å²) >= 11 is 0. The van der Waals surface area contributed by atoms with Crippen molar-refractivity contribution in [3.8, 4) is 11.3 Å². The Balaban J connectivity index is 1.27. The molecule has 0 saturated carbocycles. The minimum absolute atomic E-state index is 0.126. The second-order valence-electron chi connectivity index (χ2n) is 9.92. The number of rotatable bonds is 8. The molecule has 9 nitrogen and oxygen atoms in total. The number of hydrogen-bond acceptors (Lipinski definition) is 7. The highest BCUT2D eigenvalue weighted by Gasteiger charge is 2.29. The Kier molecular flexibility index (Phi) is 8.87. The summed E-state index contributed by atoms with van der Waals surface area (Å²) in [4.78, 5) is 57.6. The number of ether oxygens (including phenoxy) is 2. The van der Waals surface area contributed by atoms with Crippen LogP contribution < -0.4 is 5.32 Å². The lowest BCUT2D eigenvalue weighted by atomic mass is 9.97. The Morgan fingerprint density at radius 2 is 1.55 bits per heavy atom. The molecule has 1 aliphatic rings. The topological polar surface area (TPSA) is 115 Å². The van der Waals surface area contributed by atoms with Gasteiger partial charge in [0.25, 0.3) is 11.8 Å². The summed E-state index contributed by atoms with van der Waals surface area (Å²) in [5, 5.41) is 3.52. The summed E-state index contributed by atoms with van der Waals surface area (Å²) in [6.45, 7) is 2.41. The minimum atomic E-state index is -0.731. The number of anilines is 1. The van der Waals surface area contributed by atoms with Crippen molar-refractivity contribution < 1.29 is 28.7 Å². The number of para-hydroxylation sites is 2. The molecule has 0 radical (unpaired) electrons. The number of benzene rings is 3. The molecule has 0 unspecified atom stereocenters. The lowest BCUT2D eigenvalue weighted by Crippen LogP contribution is -2.42. The van der Waals surface area contributed by atoms with Gasteiger partial charge < -0.3 is 19.7 Å². The average Bonchev–Trinajstić information content (AvgIpc) is 3.03. The normalized spacial score (nSPS) is 13.4. The van der Waals surface area contributed by atoms with E-state index in [1.165, 1.54) is 6.07 Å². The first kappa shape index (κ1) is 28.5. The first-order valence-corrected chi connectivity index (χ1v) is 13.9. The molecule has 2 heterocycles. The lowest BCUT2D eigenvalue weighted by Gasteiger charge is -2.30. The molecule has 2 amide bonds. The van der Waals surface area contributed by atoms with Crippen LogP contribution in [-0.4, -0.2) is 59.9 Å². The van der Waals surface area contributed by atoms with E-state index in [1.54, 1.807) is 36.1 Å². The number of hydrogen-bond donors (Lipinski definition) is 1. The largest absolute Gasteiger partial charge is 0.466 e. The van der Waals surface area contributed by atoms with E-state index in [0.29, 0.717) is 54.7 Å². The maximum Gasteiger partial charge on any atom is 0.340 e. The molecule has 1 aromatic heterocycles. The molecule has 1 N–H and O–H groups in total. The number of esters is 2. The quantitative estimate of drug-likeness (QED) is 0.295. The highest BCUT2D eigenvalue weighted by atomic mass is 16.5. The van der Waals surface area contributed by atoms with E-state index in [-0.39, 0.29) is 29.0 Å². The summed E-state index contributed by atoms with van der Waals surface area (Å²) in [6, 6.07) is 25.2. The third kappa shape index (κ3) is 6.46. The number of amides is 2. The van der Waals surface area contributed by atoms with Crippen LogP contribution in [0.4, 0.5) is 5.69 Å². The van der Waals surface area contributed by atoms with Crippen LogP contribution in [-0.2, 0) is 19.1 Å². The number of aromatic nitrogens is 1. The molecule has 0 bridgehead atoms. The number of likely N-dealkylation sites (tertiary alicyclic amines) is 1. The van der Waals surface area contributed by atoms with Crippen LogP contribution >= 0.6 is 0 Å². The predicted octanol–water partition coefficient (Wildman–Crippen LogP) is 5.11. The highest BCUT2D eigenvalue weighted by Crippen LogP contribution is 2.26. The van der Waals surface area contributed by atoms with Crippen LogP contribution in [0.5, 0.6) is 0 Å². The number of pyridine rings is 1. The fourth-order valence-corrected chi connectivity index (χ4v) is 5.00. The standard InChI is InChI=1S/C33H31N3O6/c1-2-41-32(39)23-16-18-36(19-17-23)30(37)21-42-33(40)25-13-7-9-15-28(25)35-31(38)26-20-29(22-10-4-3-5-11-22)34-27-14-8-6-12-24(26)27/h3-15,20,23H,2,16-19,21H2,1H3,(H,35,38). The zero-order valence-corrected chi connectivity index (χ0v) is 23.2. The van der Waals surface area contributed by atoms with Gasteiger partial charge in [0.2, 0.25) is 0 Å². The minimum Gasteiger partial charge on any atom is -0.466 e. The third-order valence-corrected chi connectivity index (χ3v) is 7.22. The summed E-state index contributed by atoms with van der Waals surface area (Å²) in [7, 11) is 0. The van der Waals surface area contributed by atoms with Gasteiger partial charge >= 0.3 is 11.9 Å². The van der Waals surface area contributed by atoms with Gasteiger partial charge in [-0.3, -0.25) is 14.4 Å². The smallest absolute Gasteiger partial charge is 0.340 e. The Morgan fingerprint density at radius 1 is 0.857 bits per heavy atom. The zero-order chi connectivity index (χ0) is 29.5. The van der Waals surface area contributed by atoms with Gasteiger partial charge in [0.1, 0.15) is 0 Å². The molecule has 42 heavy (non-hydrogen) atoms. The molecule has 214 valence electrons. The van der Waals surface area contributed by atoms with Crippen LogP contribution in [0, 0.1) is 5.92 Å². The molecular weight excluding hydrogens is 534 g/mol. The Labute approximate surface area is 243 Å². The fourth-order valence-electron chi connectivity index (χ4n) is 5.00. The van der Waals surface area contributed by atoms with Gasteiger partial charge in [-0.1, -0.05) is 60.7 Å². The van der Waals surface area contributed by atoms with Gasteiger partial charge in [-0.25, -0.2) is 9.78 Å². The highest BCUT2D eigenvalue weighted by molar-refractivity contribution is 6.14. The molecule has 0 spiro atoms. The van der Waals surface area contributed by atoms with E-state index >= 15 is 0 Å². The summed E-state index contributed by atoms with van der Waals surface area (Å²) in [5.74, 6) is -1.96. The number of carbonyl (C=O) groups excluding carboxylic acids is 4. The van der Waals surface area contributed by atoms with E-state index in [0.717, 1.165) is 5.56 Å². The molecular formula is C33H31N3O6. The van der Waals surface area contributed by atoms with Gasteiger partial charge in [-0.15, -0.1) is 0 Å². The van der Waals surface area contributed by atoms with Crippen LogP contribution in [0.15, 0.2) is 84.9 Å². The molecule has 4 aromatic rings. The third-order valence-electron chi connectivity index (χ3n) is 7.22. The number of nitrogens with one attached hydrogen (secondary N) is 1. The molecule has 1 saturated heterocycles. The first-order valence-electron chi connectivity index (χ1n) is 13.9. The van der Waals surface area contributed by atoms with Crippen molar-refractivity contribution in [3.05, 3.63) is 96.1 Å². The predicted molar refractivity (Wildman–Crippen MR) is 158 cm³/mol. The number of nitrogens with zero attached hydrogens (tertiary/aromatic N) is 2. The van der Waals surface area contributed by atoms with E-state index in [9.17, 15) is 19.2 Å². The van der Waals surface area contributed by atoms with Gasteiger partial charge in [-0.05, 0) is 44.0 Å². The van der Waals surface area contributed by atoms with Crippen LogP contribution in [0.1, 0.15) is 40.5 Å².